The molecule has 2 aromatic carbocycles. The maximum atomic E-state index is 14.1. The molecule has 15 heteroatoms. The maximum absolute atomic E-state index is 14.1. The molecule has 0 aromatic heterocycles. The molecule has 0 saturated carbocycles. The van der Waals surface area contributed by atoms with Gasteiger partial charge in [0.2, 0.25) is 5.60 Å². The van der Waals surface area contributed by atoms with E-state index in [1.54, 1.807) is 0 Å². The van der Waals surface area contributed by atoms with Crippen molar-refractivity contribution in [1.82, 2.24) is 0 Å². The Kier molecular flexibility index (Phi) is 8.46. The molecule has 2 atom stereocenters. The third-order valence-electron chi connectivity index (χ3n) is 6.63. The van der Waals surface area contributed by atoms with Gasteiger partial charge in [0.25, 0.3) is 10.0 Å². The Morgan fingerprint density at radius 3 is 2.29 bits per heavy atom. The number of sulfonamides is 1. The number of benzene rings is 2. The van der Waals surface area contributed by atoms with Gasteiger partial charge in [0.15, 0.2) is 11.6 Å². The van der Waals surface area contributed by atoms with E-state index in [2.05, 4.69) is 10.1 Å². The molecular weight excluding hydrogens is 576 g/mol. The summed E-state index contributed by atoms with van der Waals surface area (Å²) < 4.78 is 97.8. The Hall–Kier alpha value is -3.75. The smallest absolute Gasteiger partial charge is 0.427 e. The summed E-state index contributed by atoms with van der Waals surface area (Å²) in [6.07, 6.45) is -7.39. The second kappa shape index (κ2) is 10.9. The lowest BCUT2D eigenvalue weighted by molar-refractivity contribution is -0.242. The van der Waals surface area contributed by atoms with Gasteiger partial charge in [-0.2, -0.15) is 13.2 Å². The van der Waals surface area contributed by atoms with Crippen LogP contribution in [0.25, 0.3) is 0 Å². The molecule has 0 saturated heterocycles. The second-order valence-corrected chi connectivity index (χ2v) is 12.4. The number of rotatable bonds is 8. The van der Waals surface area contributed by atoms with Crippen molar-refractivity contribution in [3.63, 3.8) is 0 Å². The van der Waals surface area contributed by atoms with Crippen LogP contribution < -0.4 is 19.1 Å². The summed E-state index contributed by atoms with van der Waals surface area (Å²) in [5.41, 5.74) is -4.37. The van der Waals surface area contributed by atoms with E-state index < -0.39 is 57.2 Å². The van der Waals surface area contributed by atoms with Gasteiger partial charge in [0, 0.05) is 18.2 Å². The average molecular weight is 607 g/mol. The molecule has 2 unspecified atom stereocenters. The lowest BCUT2D eigenvalue weighted by atomic mass is 9.84. The van der Waals surface area contributed by atoms with Crippen LogP contribution in [0, 0.1) is 11.2 Å². The van der Waals surface area contributed by atoms with E-state index in [9.17, 15) is 40.7 Å². The Bertz CT molecular complexity index is 1440. The van der Waals surface area contributed by atoms with Gasteiger partial charge in [-0.1, -0.05) is 0 Å². The van der Waals surface area contributed by atoms with Gasteiger partial charge in [-0.3, -0.25) is 14.4 Å². The van der Waals surface area contributed by atoms with E-state index >= 15 is 0 Å². The van der Waals surface area contributed by atoms with E-state index in [1.807, 2.05) is 0 Å². The van der Waals surface area contributed by atoms with E-state index in [0.717, 1.165) is 35.7 Å². The number of carboxylic acid groups (broad SMARTS) is 1. The van der Waals surface area contributed by atoms with Crippen molar-refractivity contribution in [3.05, 3.63) is 42.2 Å². The van der Waals surface area contributed by atoms with Crippen molar-refractivity contribution in [1.29, 1.82) is 0 Å². The highest BCUT2D eigenvalue weighted by atomic mass is 32.2. The first-order chi connectivity index (χ1) is 18.7. The van der Waals surface area contributed by atoms with E-state index in [-0.39, 0.29) is 34.2 Å². The van der Waals surface area contributed by atoms with Crippen molar-refractivity contribution in [2.75, 3.05) is 16.7 Å². The second-order valence-electron chi connectivity index (χ2n) is 10.6. The Morgan fingerprint density at radius 2 is 1.73 bits per heavy atom. The third kappa shape index (κ3) is 6.44. The van der Waals surface area contributed by atoms with Gasteiger partial charge in [-0.15, -0.1) is 0 Å². The SMILES string of the molecule is COc1cc(S(=O)(=O)N2c3cc(NC(=O)OC(C)(C)C(F)(F)F)ccc3OC(CC(C)(C)C(=O)O)C2C)ccc1F. The fourth-order valence-corrected chi connectivity index (χ4v) is 5.70. The molecule has 3 rings (SSSR count). The van der Waals surface area contributed by atoms with E-state index in [1.165, 1.54) is 32.9 Å². The van der Waals surface area contributed by atoms with Gasteiger partial charge in [-0.25, -0.2) is 17.6 Å². The number of nitrogens with zero attached hydrogens (tertiary/aromatic N) is 1. The number of nitrogens with one attached hydrogen (secondary N) is 1. The van der Waals surface area contributed by atoms with Crippen molar-refractivity contribution >= 4 is 33.5 Å². The van der Waals surface area contributed by atoms with Crippen LogP contribution in [-0.2, 0) is 19.6 Å². The molecule has 0 aliphatic carbocycles. The minimum absolute atomic E-state index is 0.0125. The molecule has 0 radical (unpaired) electrons. The normalized spacial score (nSPS) is 17.8. The highest BCUT2D eigenvalue weighted by molar-refractivity contribution is 7.92. The van der Waals surface area contributed by atoms with Crippen LogP contribution in [0.3, 0.4) is 0 Å². The zero-order valence-electron chi connectivity index (χ0n) is 23.0. The molecule has 1 amide bonds. The number of fused-ring (bicyclic) bond motifs is 1. The molecule has 2 N–H and O–H groups in total. The molecule has 0 fully saturated rings. The number of halogens is 4. The molecule has 0 spiro atoms. The van der Waals surface area contributed by atoms with Crippen molar-refractivity contribution in [3.8, 4) is 11.5 Å². The number of alkyl halides is 3. The number of carboxylic acids is 1. The summed E-state index contributed by atoms with van der Waals surface area (Å²) in [6.45, 7) is 5.71. The summed E-state index contributed by atoms with van der Waals surface area (Å²) in [4.78, 5) is 23.7. The molecule has 1 heterocycles. The topological polar surface area (TPSA) is 131 Å². The van der Waals surface area contributed by atoms with Gasteiger partial charge in [-0.05, 0) is 65.0 Å². The zero-order valence-corrected chi connectivity index (χ0v) is 23.8. The van der Waals surface area contributed by atoms with Crippen molar-refractivity contribution in [2.24, 2.45) is 5.41 Å². The largest absolute Gasteiger partial charge is 0.494 e. The van der Waals surface area contributed by atoms with Gasteiger partial charge in [0.05, 0.1) is 29.1 Å². The lowest BCUT2D eigenvalue weighted by Crippen LogP contribution is -2.52. The standard InChI is InChI=1S/C26H30F4N2O8S/c1-14-21(13-24(2,3)22(33)34)39-19-10-7-15(31-23(35)40-25(4,5)26(28,29)30)11-18(19)32(14)41(36,37)16-8-9-17(27)20(12-16)38-6/h7-12,14,21H,13H2,1-6H3,(H,31,35)(H,33,34). The Morgan fingerprint density at radius 1 is 1.10 bits per heavy atom. The Balaban J connectivity index is 2.09. The summed E-state index contributed by atoms with van der Waals surface area (Å²) in [6, 6.07) is 5.55. The number of anilines is 2. The number of hydrogen-bond acceptors (Lipinski definition) is 7. The van der Waals surface area contributed by atoms with Gasteiger partial charge >= 0.3 is 18.2 Å². The van der Waals surface area contributed by atoms with E-state index in [0.29, 0.717) is 13.8 Å². The number of hydrogen-bond donors (Lipinski definition) is 2. The van der Waals surface area contributed by atoms with Crippen LogP contribution in [0.1, 0.15) is 41.0 Å². The number of carbonyl (C=O) groups excluding carboxylic acids is 1. The summed E-state index contributed by atoms with van der Waals surface area (Å²) >= 11 is 0. The lowest BCUT2D eigenvalue weighted by Gasteiger charge is -2.42. The zero-order chi connectivity index (χ0) is 31.1. The molecule has 226 valence electrons. The van der Waals surface area contributed by atoms with Crippen LogP contribution in [0.15, 0.2) is 41.3 Å². The van der Waals surface area contributed by atoms with Crippen LogP contribution in [0.5, 0.6) is 11.5 Å². The van der Waals surface area contributed by atoms with Crippen LogP contribution >= 0.6 is 0 Å². The molecular formula is C26H30F4N2O8S. The minimum atomic E-state index is -4.86. The molecule has 10 nitrogen and oxygen atoms in total. The summed E-state index contributed by atoms with van der Waals surface area (Å²) in [5, 5.41) is 11.8. The molecule has 41 heavy (non-hydrogen) atoms. The Labute approximate surface area is 234 Å². The number of aliphatic carboxylic acids is 1. The molecule has 0 bridgehead atoms. The predicted octanol–water partition coefficient (Wildman–Crippen LogP) is 5.57. The highest BCUT2D eigenvalue weighted by Crippen LogP contribution is 2.44. The van der Waals surface area contributed by atoms with Gasteiger partial charge in [0.1, 0.15) is 11.9 Å². The first-order valence-electron chi connectivity index (χ1n) is 12.2. The molecule has 1 aliphatic rings. The average Bonchev–Trinajstić information content (AvgIpc) is 2.83. The number of ether oxygens (including phenoxy) is 3. The monoisotopic (exact) mass is 606 g/mol. The number of amides is 1. The van der Waals surface area contributed by atoms with E-state index in [4.69, 9.17) is 9.47 Å². The third-order valence-corrected chi connectivity index (χ3v) is 8.53. The first-order valence-corrected chi connectivity index (χ1v) is 13.6. The number of methoxy groups -OCH3 is 1. The van der Waals surface area contributed by atoms with Crippen LogP contribution in [0.4, 0.5) is 33.7 Å². The first kappa shape index (κ1) is 31.8. The summed E-state index contributed by atoms with van der Waals surface area (Å²) in [5.74, 6) is -2.31. The fourth-order valence-electron chi connectivity index (χ4n) is 4.00. The minimum Gasteiger partial charge on any atom is -0.494 e. The quantitative estimate of drug-likeness (QED) is 0.373. The highest BCUT2D eigenvalue weighted by Gasteiger charge is 2.51. The van der Waals surface area contributed by atoms with Crippen molar-refractivity contribution < 1.29 is 54.9 Å². The van der Waals surface area contributed by atoms with Gasteiger partial charge < -0.3 is 19.3 Å². The molecule has 2 aromatic rings. The van der Waals surface area contributed by atoms with Crippen molar-refractivity contribution in [2.45, 2.75) is 69.9 Å². The number of carbonyl (C=O) groups is 2. The maximum Gasteiger partial charge on any atom is 0.427 e. The molecule has 1 aliphatic heterocycles. The predicted molar refractivity (Wildman–Crippen MR) is 139 cm³/mol. The summed E-state index contributed by atoms with van der Waals surface area (Å²) in [7, 11) is -3.35. The van der Waals surface area contributed by atoms with Crippen LogP contribution in [-0.4, -0.2) is 56.6 Å². The van der Waals surface area contributed by atoms with Crippen LogP contribution in [0.2, 0.25) is 0 Å². The fraction of sp³-hybridized carbons (Fsp3) is 0.462.